The molecule has 1 heterocycles. The molecule has 0 aromatic heterocycles. The number of anilines is 1. The highest BCUT2D eigenvalue weighted by atomic mass is 16.5. The molecule has 1 saturated heterocycles. The van der Waals surface area contributed by atoms with E-state index in [1.807, 2.05) is 25.2 Å². The van der Waals surface area contributed by atoms with Crippen molar-refractivity contribution in [3.63, 3.8) is 0 Å². The van der Waals surface area contributed by atoms with Gasteiger partial charge in [-0.3, -0.25) is 4.79 Å². The Morgan fingerprint density at radius 3 is 2.72 bits per heavy atom. The maximum absolute atomic E-state index is 12.1. The summed E-state index contributed by atoms with van der Waals surface area (Å²) in [5, 5.41) is 3.12. The number of ether oxygens (including phenoxy) is 1. The molecule has 0 unspecified atom stereocenters. The van der Waals surface area contributed by atoms with Gasteiger partial charge < -0.3 is 15.0 Å². The summed E-state index contributed by atoms with van der Waals surface area (Å²) in [4.78, 5) is 13.9. The fraction of sp³-hybridized carbons (Fsp3) is 0.500. The molecule has 0 saturated carbocycles. The summed E-state index contributed by atoms with van der Waals surface area (Å²) in [6.07, 6.45) is 0.893. The van der Waals surface area contributed by atoms with Crippen molar-refractivity contribution in [2.75, 3.05) is 32.1 Å². The monoisotopic (exact) mass is 248 g/mol. The van der Waals surface area contributed by atoms with Crippen LogP contribution in [0.4, 0.5) is 5.69 Å². The number of amides is 1. The number of carbonyl (C=O) groups is 1. The maximum Gasteiger partial charge on any atom is 0.232 e. The smallest absolute Gasteiger partial charge is 0.232 e. The standard InChI is InChI=1S/C14H20N2O2/c1-4-10-7-12(5-6-13(10)18-3)16(2)14(17)11-8-15-9-11/h5-7,11,15H,4,8-9H2,1-3H3. The first-order valence-electron chi connectivity index (χ1n) is 6.32. The molecule has 18 heavy (non-hydrogen) atoms. The summed E-state index contributed by atoms with van der Waals surface area (Å²) >= 11 is 0. The Morgan fingerprint density at radius 1 is 1.50 bits per heavy atom. The minimum atomic E-state index is 0.127. The first kappa shape index (κ1) is 12.9. The molecule has 1 aromatic carbocycles. The van der Waals surface area contributed by atoms with Gasteiger partial charge in [0.15, 0.2) is 0 Å². The third-order valence-corrected chi connectivity index (χ3v) is 3.49. The van der Waals surface area contributed by atoms with E-state index in [-0.39, 0.29) is 11.8 Å². The van der Waals surface area contributed by atoms with Gasteiger partial charge in [-0.1, -0.05) is 6.92 Å². The summed E-state index contributed by atoms with van der Waals surface area (Å²) in [5.41, 5.74) is 2.06. The van der Waals surface area contributed by atoms with Gasteiger partial charge in [-0.25, -0.2) is 0 Å². The first-order chi connectivity index (χ1) is 8.67. The number of carbonyl (C=O) groups excluding carboxylic acids is 1. The Kier molecular flexibility index (Phi) is 3.87. The number of aryl methyl sites for hydroxylation is 1. The number of nitrogens with zero attached hydrogens (tertiary/aromatic N) is 1. The lowest BCUT2D eigenvalue weighted by Gasteiger charge is -2.30. The Morgan fingerprint density at radius 2 is 2.22 bits per heavy atom. The highest BCUT2D eigenvalue weighted by Gasteiger charge is 2.28. The molecular formula is C14H20N2O2. The van der Waals surface area contributed by atoms with Gasteiger partial charge in [-0.15, -0.1) is 0 Å². The molecule has 0 spiro atoms. The number of hydrogen-bond donors (Lipinski definition) is 1. The highest BCUT2D eigenvalue weighted by Crippen LogP contribution is 2.26. The van der Waals surface area contributed by atoms with Crippen molar-refractivity contribution in [1.82, 2.24) is 5.32 Å². The number of rotatable bonds is 4. The van der Waals surface area contributed by atoms with Crippen LogP contribution >= 0.6 is 0 Å². The summed E-state index contributed by atoms with van der Waals surface area (Å²) in [5.74, 6) is 1.19. The number of methoxy groups -OCH3 is 1. The van der Waals surface area contributed by atoms with Crippen LogP contribution in [-0.4, -0.2) is 33.2 Å². The van der Waals surface area contributed by atoms with Gasteiger partial charge in [-0.2, -0.15) is 0 Å². The van der Waals surface area contributed by atoms with Crippen molar-refractivity contribution in [2.24, 2.45) is 5.92 Å². The van der Waals surface area contributed by atoms with Gasteiger partial charge in [0.25, 0.3) is 0 Å². The molecule has 1 aliphatic rings. The minimum Gasteiger partial charge on any atom is -0.496 e. The Labute approximate surface area is 108 Å². The van der Waals surface area contributed by atoms with Gasteiger partial charge in [0.2, 0.25) is 5.91 Å². The molecule has 1 aromatic rings. The van der Waals surface area contributed by atoms with Crippen molar-refractivity contribution in [3.05, 3.63) is 23.8 Å². The third-order valence-electron chi connectivity index (χ3n) is 3.49. The molecule has 0 radical (unpaired) electrons. The zero-order valence-corrected chi connectivity index (χ0v) is 11.2. The zero-order valence-electron chi connectivity index (χ0n) is 11.2. The van der Waals surface area contributed by atoms with Crippen LogP contribution in [-0.2, 0) is 11.2 Å². The Bertz CT molecular complexity index is 441. The minimum absolute atomic E-state index is 0.127. The molecular weight excluding hydrogens is 228 g/mol. The number of benzene rings is 1. The van der Waals surface area contributed by atoms with Crippen LogP contribution in [0.2, 0.25) is 0 Å². The van der Waals surface area contributed by atoms with Crippen LogP contribution in [0, 0.1) is 5.92 Å². The predicted molar refractivity (Wildman–Crippen MR) is 72.1 cm³/mol. The van der Waals surface area contributed by atoms with E-state index in [2.05, 4.69) is 12.2 Å². The topological polar surface area (TPSA) is 41.6 Å². The van der Waals surface area contributed by atoms with E-state index in [0.717, 1.165) is 36.5 Å². The predicted octanol–water partition coefficient (Wildman–Crippen LogP) is 1.44. The third kappa shape index (κ3) is 2.34. The Balaban J connectivity index is 2.19. The average Bonchev–Trinajstić information content (AvgIpc) is 2.34. The molecule has 1 aliphatic heterocycles. The van der Waals surface area contributed by atoms with Crippen LogP contribution < -0.4 is 15.0 Å². The molecule has 4 nitrogen and oxygen atoms in total. The Hall–Kier alpha value is -1.55. The van der Waals surface area contributed by atoms with Gasteiger partial charge in [0.1, 0.15) is 5.75 Å². The maximum atomic E-state index is 12.1. The quantitative estimate of drug-likeness (QED) is 0.876. The van der Waals surface area contributed by atoms with Crippen molar-refractivity contribution in [2.45, 2.75) is 13.3 Å². The molecule has 0 aliphatic carbocycles. The first-order valence-corrected chi connectivity index (χ1v) is 6.32. The van der Waals surface area contributed by atoms with Crippen molar-refractivity contribution >= 4 is 11.6 Å². The van der Waals surface area contributed by atoms with Crippen LogP contribution in [0.3, 0.4) is 0 Å². The molecule has 1 N–H and O–H groups in total. The highest BCUT2D eigenvalue weighted by molar-refractivity contribution is 5.95. The molecule has 1 amide bonds. The van der Waals surface area contributed by atoms with Crippen molar-refractivity contribution in [1.29, 1.82) is 0 Å². The fourth-order valence-electron chi connectivity index (χ4n) is 2.11. The van der Waals surface area contributed by atoms with Gasteiger partial charge in [0, 0.05) is 25.8 Å². The lowest BCUT2D eigenvalue weighted by atomic mass is 10.0. The molecule has 4 heteroatoms. The van der Waals surface area contributed by atoms with Gasteiger partial charge in [0.05, 0.1) is 13.0 Å². The van der Waals surface area contributed by atoms with E-state index in [0.29, 0.717) is 0 Å². The summed E-state index contributed by atoms with van der Waals surface area (Å²) in [7, 11) is 3.50. The SMILES string of the molecule is CCc1cc(N(C)C(=O)C2CNC2)ccc1OC. The largest absolute Gasteiger partial charge is 0.496 e. The van der Waals surface area contributed by atoms with E-state index in [1.165, 1.54) is 0 Å². The van der Waals surface area contributed by atoms with E-state index in [9.17, 15) is 4.79 Å². The van der Waals surface area contributed by atoms with Crippen LogP contribution in [0.5, 0.6) is 5.75 Å². The molecule has 2 rings (SSSR count). The van der Waals surface area contributed by atoms with E-state index >= 15 is 0 Å². The summed E-state index contributed by atoms with van der Waals surface area (Å²) in [6, 6.07) is 5.89. The van der Waals surface area contributed by atoms with E-state index in [1.54, 1.807) is 12.0 Å². The van der Waals surface area contributed by atoms with Crippen LogP contribution in [0.1, 0.15) is 12.5 Å². The van der Waals surface area contributed by atoms with E-state index in [4.69, 9.17) is 4.74 Å². The fourth-order valence-corrected chi connectivity index (χ4v) is 2.11. The molecule has 1 fully saturated rings. The summed E-state index contributed by atoms with van der Waals surface area (Å²) in [6.45, 7) is 3.67. The number of hydrogen-bond acceptors (Lipinski definition) is 3. The van der Waals surface area contributed by atoms with Crippen molar-refractivity contribution in [3.8, 4) is 5.75 Å². The molecule has 98 valence electrons. The van der Waals surface area contributed by atoms with Gasteiger partial charge >= 0.3 is 0 Å². The second-order valence-corrected chi connectivity index (χ2v) is 4.60. The lowest BCUT2D eigenvalue weighted by molar-refractivity contribution is -0.123. The van der Waals surface area contributed by atoms with Crippen molar-refractivity contribution < 1.29 is 9.53 Å². The average molecular weight is 248 g/mol. The summed E-state index contributed by atoms with van der Waals surface area (Å²) < 4.78 is 5.30. The van der Waals surface area contributed by atoms with Gasteiger partial charge in [-0.05, 0) is 30.2 Å². The zero-order chi connectivity index (χ0) is 13.1. The second kappa shape index (κ2) is 5.40. The lowest BCUT2D eigenvalue weighted by Crippen LogP contribution is -2.51. The van der Waals surface area contributed by atoms with E-state index < -0.39 is 0 Å². The molecule has 0 atom stereocenters. The number of nitrogens with one attached hydrogen (secondary N) is 1. The van der Waals surface area contributed by atoms with Crippen LogP contribution in [0.15, 0.2) is 18.2 Å². The normalized spacial score (nSPS) is 15.1. The second-order valence-electron chi connectivity index (χ2n) is 4.60. The molecule has 0 bridgehead atoms. The van der Waals surface area contributed by atoms with Crippen LogP contribution in [0.25, 0.3) is 0 Å².